The Morgan fingerprint density at radius 2 is 1.42 bits per heavy atom. The summed E-state index contributed by atoms with van der Waals surface area (Å²) in [5, 5.41) is 4.07. The van der Waals surface area contributed by atoms with Gasteiger partial charge in [0.05, 0.1) is 5.69 Å². The highest BCUT2D eigenvalue weighted by Gasteiger charge is 2.22. The van der Waals surface area contributed by atoms with E-state index in [1.165, 1.54) is 5.01 Å². The standard InChI is InChI=1S/C24H20N4O3/c29-21(26-20-13-14-25-22(20)23(30)18-9-3-1-4-10-18)17-28(27-15-7-8-16-27)24(31)19-11-5-2-6-12-19/h1-16,25H,17H2,(H,26,29). The fourth-order valence-corrected chi connectivity index (χ4v) is 3.20. The topological polar surface area (TPSA) is 87.2 Å². The minimum atomic E-state index is -0.431. The molecule has 0 spiro atoms. The average Bonchev–Trinajstić information content (AvgIpc) is 3.50. The molecule has 2 N–H and O–H groups in total. The first-order chi connectivity index (χ1) is 15.1. The molecule has 0 atom stereocenters. The van der Waals surface area contributed by atoms with Gasteiger partial charge in [0.15, 0.2) is 0 Å². The van der Waals surface area contributed by atoms with Gasteiger partial charge in [-0.15, -0.1) is 0 Å². The summed E-state index contributed by atoms with van der Waals surface area (Å²) in [5.74, 6) is -0.982. The molecular weight excluding hydrogens is 392 g/mol. The Bertz CT molecular complexity index is 1180. The fourth-order valence-electron chi connectivity index (χ4n) is 3.20. The summed E-state index contributed by atoms with van der Waals surface area (Å²) in [6.07, 6.45) is 4.97. The summed E-state index contributed by atoms with van der Waals surface area (Å²) >= 11 is 0. The first-order valence-electron chi connectivity index (χ1n) is 9.70. The maximum absolute atomic E-state index is 13.0. The molecule has 0 unspecified atom stereocenters. The number of carbonyl (C=O) groups is 3. The first kappa shape index (κ1) is 19.9. The van der Waals surface area contributed by atoms with Gasteiger partial charge in [0.1, 0.15) is 12.2 Å². The van der Waals surface area contributed by atoms with Crippen molar-refractivity contribution in [3.8, 4) is 0 Å². The first-order valence-corrected chi connectivity index (χ1v) is 9.70. The van der Waals surface area contributed by atoms with Crippen molar-refractivity contribution in [3.05, 3.63) is 114 Å². The highest BCUT2D eigenvalue weighted by atomic mass is 16.2. The zero-order valence-corrected chi connectivity index (χ0v) is 16.6. The number of aromatic nitrogens is 2. The van der Waals surface area contributed by atoms with E-state index in [0.29, 0.717) is 16.8 Å². The van der Waals surface area contributed by atoms with Crippen LogP contribution in [0.25, 0.3) is 0 Å². The predicted octanol–water partition coefficient (Wildman–Crippen LogP) is 3.46. The van der Waals surface area contributed by atoms with E-state index in [2.05, 4.69) is 10.3 Å². The number of hydrogen-bond acceptors (Lipinski definition) is 3. The Morgan fingerprint density at radius 1 is 0.806 bits per heavy atom. The molecule has 0 saturated heterocycles. The zero-order valence-electron chi connectivity index (χ0n) is 16.6. The highest BCUT2D eigenvalue weighted by Crippen LogP contribution is 2.18. The molecule has 0 bridgehead atoms. The van der Waals surface area contributed by atoms with Crippen LogP contribution in [-0.4, -0.2) is 33.8 Å². The number of benzene rings is 2. The predicted molar refractivity (Wildman–Crippen MR) is 118 cm³/mol. The number of nitrogens with one attached hydrogen (secondary N) is 2. The van der Waals surface area contributed by atoms with Gasteiger partial charge in [-0.25, -0.2) is 5.01 Å². The molecule has 31 heavy (non-hydrogen) atoms. The summed E-state index contributed by atoms with van der Waals surface area (Å²) in [6.45, 7) is -0.230. The van der Waals surface area contributed by atoms with Crippen molar-refractivity contribution in [2.75, 3.05) is 16.9 Å². The highest BCUT2D eigenvalue weighted by molar-refractivity contribution is 6.13. The van der Waals surface area contributed by atoms with Crippen LogP contribution in [0.2, 0.25) is 0 Å². The van der Waals surface area contributed by atoms with Crippen LogP contribution in [0, 0.1) is 0 Å². The van der Waals surface area contributed by atoms with E-state index in [0.717, 1.165) is 0 Å². The maximum atomic E-state index is 13.0. The zero-order chi connectivity index (χ0) is 21.6. The van der Waals surface area contributed by atoms with Crippen molar-refractivity contribution in [1.82, 2.24) is 9.66 Å². The lowest BCUT2D eigenvalue weighted by molar-refractivity contribution is -0.115. The van der Waals surface area contributed by atoms with E-state index in [1.807, 2.05) is 12.1 Å². The molecule has 0 aliphatic rings. The van der Waals surface area contributed by atoms with E-state index < -0.39 is 5.91 Å². The Balaban J connectivity index is 1.53. The molecule has 0 fully saturated rings. The molecule has 0 radical (unpaired) electrons. The number of nitrogens with zero attached hydrogens (tertiary/aromatic N) is 2. The number of carbonyl (C=O) groups excluding carboxylic acids is 3. The van der Waals surface area contributed by atoms with Gasteiger partial charge in [0, 0.05) is 29.7 Å². The second kappa shape index (κ2) is 8.96. The number of hydrogen-bond donors (Lipinski definition) is 2. The minimum absolute atomic E-state index is 0.230. The number of anilines is 1. The number of H-pyrrole nitrogens is 1. The van der Waals surface area contributed by atoms with Gasteiger partial charge in [0.2, 0.25) is 11.7 Å². The Kier molecular flexibility index (Phi) is 5.75. The van der Waals surface area contributed by atoms with E-state index in [-0.39, 0.29) is 23.9 Å². The number of ketones is 1. The molecule has 2 aromatic heterocycles. The van der Waals surface area contributed by atoms with Crippen LogP contribution in [0.4, 0.5) is 5.69 Å². The molecule has 2 heterocycles. The summed E-state index contributed by atoms with van der Waals surface area (Å²) < 4.78 is 1.56. The molecular formula is C24H20N4O3. The average molecular weight is 412 g/mol. The third kappa shape index (κ3) is 4.45. The summed E-state index contributed by atoms with van der Waals surface area (Å²) in [7, 11) is 0. The van der Waals surface area contributed by atoms with Crippen molar-refractivity contribution in [2.45, 2.75) is 0 Å². The monoisotopic (exact) mass is 412 g/mol. The van der Waals surface area contributed by atoms with Crippen LogP contribution in [0.1, 0.15) is 26.4 Å². The molecule has 0 aliphatic heterocycles. The molecule has 2 amide bonds. The lowest BCUT2D eigenvalue weighted by atomic mass is 10.1. The third-order valence-corrected chi connectivity index (χ3v) is 4.70. The molecule has 0 aliphatic carbocycles. The van der Waals surface area contributed by atoms with Crippen molar-refractivity contribution >= 4 is 23.3 Å². The quantitative estimate of drug-likeness (QED) is 0.456. The van der Waals surface area contributed by atoms with Crippen LogP contribution in [0.3, 0.4) is 0 Å². The van der Waals surface area contributed by atoms with Gasteiger partial charge < -0.3 is 10.3 Å². The van der Waals surface area contributed by atoms with Crippen LogP contribution < -0.4 is 10.3 Å². The second-order valence-electron chi connectivity index (χ2n) is 6.80. The molecule has 4 rings (SSSR count). The SMILES string of the molecule is O=C(CN(C(=O)c1ccccc1)n1cccc1)Nc1cc[nH]c1C(=O)c1ccccc1. The van der Waals surface area contributed by atoms with Crippen LogP contribution in [0.15, 0.2) is 97.5 Å². The van der Waals surface area contributed by atoms with Crippen LogP contribution >= 0.6 is 0 Å². The lowest BCUT2D eigenvalue weighted by Gasteiger charge is -2.23. The van der Waals surface area contributed by atoms with Crippen LogP contribution in [0.5, 0.6) is 0 Å². The molecule has 4 aromatic rings. The largest absolute Gasteiger partial charge is 0.357 e. The summed E-state index contributed by atoms with van der Waals surface area (Å²) in [5.41, 5.74) is 1.61. The van der Waals surface area contributed by atoms with Crippen molar-refractivity contribution in [3.63, 3.8) is 0 Å². The van der Waals surface area contributed by atoms with Crippen molar-refractivity contribution in [1.29, 1.82) is 0 Å². The minimum Gasteiger partial charge on any atom is -0.357 e. The maximum Gasteiger partial charge on any atom is 0.273 e. The van der Waals surface area contributed by atoms with Gasteiger partial charge in [-0.3, -0.25) is 19.1 Å². The Morgan fingerprint density at radius 3 is 2.06 bits per heavy atom. The van der Waals surface area contributed by atoms with Gasteiger partial charge >= 0.3 is 0 Å². The van der Waals surface area contributed by atoms with E-state index in [4.69, 9.17) is 0 Å². The molecule has 7 nitrogen and oxygen atoms in total. The van der Waals surface area contributed by atoms with E-state index in [9.17, 15) is 14.4 Å². The Hall–Kier alpha value is -4.39. The third-order valence-electron chi connectivity index (χ3n) is 4.70. The normalized spacial score (nSPS) is 10.5. The number of rotatable bonds is 7. The van der Waals surface area contributed by atoms with Gasteiger partial charge in [0.25, 0.3) is 5.91 Å². The summed E-state index contributed by atoms with van der Waals surface area (Å²) in [4.78, 5) is 41.5. The smallest absolute Gasteiger partial charge is 0.273 e. The van der Waals surface area contributed by atoms with E-state index in [1.54, 1.807) is 90.0 Å². The Labute approximate surface area is 178 Å². The van der Waals surface area contributed by atoms with Gasteiger partial charge in [-0.2, -0.15) is 0 Å². The molecule has 154 valence electrons. The number of aromatic amines is 1. The van der Waals surface area contributed by atoms with Gasteiger partial charge in [-0.05, 0) is 30.3 Å². The fraction of sp³-hybridized carbons (Fsp3) is 0.0417. The second-order valence-corrected chi connectivity index (χ2v) is 6.80. The van der Waals surface area contributed by atoms with Crippen molar-refractivity contribution in [2.24, 2.45) is 0 Å². The van der Waals surface area contributed by atoms with Crippen molar-refractivity contribution < 1.29 is 14.4 Å². The molecule has 7 heteroatoms. The number of amides is 2. The van der Waals surface area contributed by atoms with Crippen LogP contribution in [-0.2, 0) is 4.79 Å². The van der Waals surface area contributed by atoms with Gasteiger partial charge in [-0.1, -0.05) is 48.5 Å². The summed E-state index contributed by atoms with van der Waals surface area (Å²) in [6, 6.07) is 22.7. The molecule has 0 saturated carbocycles. The van der Waals surface area contributed by atoms with E-state index >= 15 is 0 Å². The molecule has 2 aromatic carbocycles. The lowest BCUT2D eigenvalue weighted by Crippen LogP contribution is -2.45.